The summed E-state index contributed by atoms with van der Waals surface area (Å²) in [5, 5.41) is 0. The van der Waals surface area contributed by atoms with E-state index in [1.54, 1.807) is 0 Å². The highest BCUT2D eigenvalue weighted by molar-refractivity contribution is 5.98. The van der Waals surface area contributed by atoms with Gasteiger partial charge < -0.3 is 4.90 Å². The molecule has 7 aromatic carbocycles. The maximum absolute atomic E-state index is 2.35. The Morgan fingerprint density at radius 2 is 0.698 bits per heavy atom. The normalized spacial score (nSPS) is 10.8. The van der Waals surface area contributed by atoms with Crippen molar-refractivity contribution in [3.63, 3.8) is 0 Å². The van der Waals surface area contributed by atoms with Crippen molar-refractivity contribution in [2.24, 2.45) is 0 Å². The molecule has 0 saturated carbocycles. The first-order valence-corrected chi connectivity index (χ1v) is 14.7. The second kappa shape index (κ2) is 12.1. The third kappa shape index (κ3) is 5.37. The molecule has 7 rings (SSSR count). The summed E-state index contributed by atoms with van der Waals surface area (Å²) >= 11 is 0. The van der Waals surface area contributed by atoms with Gasteiger partial charge in [-0.3, -0.25) is 0 Å². The van der Waals surface area contributed by atoms with Gasteiger partial charge in [-0.1, -0.05) is 152 Å². The van der Waals surface area contributed by atoms with Crippen LogP contribution < -0.4 is 4.90 Å². The summed E-state index contributed by atoms with van der Waals surface area (Å²) in [6.07, 6.45) is 0. The largest absolute Gasteiger partial charge is 0.310 e. The number of benzene rings is 7. The minimum Gasteiger partial charge on any atom is -0.310 e. The Morgan fingerprint density at radius 1 is 0.256 bits per heavy atom. The van der Waals surface area contributed by atoms with Crippen molar-refractivity contribution < 1.29 is 0 Å². The zero-order valence-electron chi connectivity index (χ0n) is 23.8. The molecule has 1 nitrogen and oxygen atoms in total. The second-order valence-corrected chi connectivity index (χ2v) is 10.6. The number of rotatable bonds is 7. The Morgan fingerprint density at radius 3 is 1.28 bits per heavy atom. The van der Waals surface area contributed by atoms with Gasteiger partial charge in [-0.2, -0.15) is 0 Å². The van der Waals surface area contributed by atoms with E-state index in [4.69, 9.17) is 0 Å². The summed E-state index contributed by atoms with van der Waals surface area (Å²) < 4.78 is 0. The molecule has 0 amide bonds. The molecule has 0 N–H and O–H groups in total. The van der Waals surface area contributed by atoms with Crippen LogP contribution in [0.25, 0.3) is 44.5 Å². The van der Waals surface area contributed by atoms with Gasteiger partial charge in [0.05, 0.1) is 5.69 Å². The zero-order valence-corrected chi connectivity index (χ0v) is 23.8. The van der Waals surface area contributed by atoms with E-state index in [0.717, 1.165) is 17.1 Å². The minimum atomic E-state index is 1.12. The fraction of sp³-hybridized carbons (Fsp3) is 0. The van der Waals surface area contributed by atoms with Crippen molar-refractivity contribution in [2.75, 3.05) is 4.90 Å². The number of hydrogen-bond donors (Lipinski definition) is 0. The van der Waals surface area contributed by atoms with Gasteiger partial charge in [0.1, 0.15) is 0 Å². The van der Waals surface area contributed by atoms with Crippen LogP contribution in [-0.4, -0.2) is 0 Å². The average Bonchev–Trinajstić information content (AvgIpc) is 3.10. The van der Waals surface area contributed by atoms with E-state index in [1.165, 1.54) is 44.5 Å². The lowest BCUT2D eigenvalue weighted by Gasteiger charge is -2.28. The highest BCUT2D eigenvalue weighted by Gasteiger charge is 2.20. The molecule has 0 radical (unpaired) electrons. The lowest BCUT2D eigenvalue weighted by atomic mass is 9.87. The predicted octanol–water partition coefficient (Wildman–Crippen LogP) is 11.8. The summed E-state index contributed by atoms with van der Waals surface area (Å²) in [5.74, 6) is 0. The van der Waals surface area contributed by atoms with Crippen molar-refractivity contribution in [2.45, 2.75) is 0 Å². The summed E-state index contributed by atoms with van der Waals surface area (Å²) in [6, 6.07) is 67.0. The fourth-order valence-corrected chi connectivity index (χ4v) is 5.88. The Balaban J connectivity index is 1.46. The summed E-state index contributed by atoms with van der Waals surface area (Å²) in [4.78, 5) is 2.35. The first-order valence-electron chi connectivity index (χ1n) is 14.7. The Bertz CT molecular complexity index is 1910. The molecular weight excluding hydrogens is 518 g/mol. The van der Waals surface area contributed by atoms with Gasteiger partial charge in [0.15, 0.2) is 0 Å². The van der Waals surface area contributed by atoms with Crippen LogP contribution >= 0.6 is 0 Å². The van der Waals surface area contributed by atoms with Gasteiger partial charge in [-0.15, -0.1) is 0 Å². The van der Waals surface area contributed by atoms with Crippen LogP contribution in [0.4, 0.5) is 17.1 Å². The van der Waals surface area contributed by atoms with E-state index in [9.17, 15) is 0 Å². The molecule has 0 spiro atoms. The molecule has 0 aliphatic rings. The minimum absolute atomic E-state index is 1.12. The molecular formula is C42H31N. The molecule has 1 heteroatoms. The summed E-state index contributed by atoms with van der Waals surface area (Å²) in [5.41, 5.74) is 13.0. The van der Waals surface area contributed by atoms with E-state index in [0.29, 0.717) is 0 Å². The third-order valence-corrected chi connectivity index (χ3v) is 7.89. The van der Waals surface area contributed by atoms with Crippen LogP contribution in [0.2, 0.25) is 0 Å². The lowest BCUT2D eigenvalue weighted by Crippen LogP contribution is -2.11. The molecule has 204 valence electrons. The van der Waals surface area contributed by atoms with Crippen molar-refractivity contribution in [3.05, 3.63) is 188 Å². The van der Waals surface area contributed by atoms with Crippen LogP contribution in [0.1, 0.15) is 0 Å². The molecule has 0 bridgehead atoms. The quantitative estimate of drug-likeness (QED) is 0.191. The highest BCUT2D eigenvalue weighted by Crippen LogP contribution is 2.45. The van der Waals surface area contributed by atoms with Gasteiger partial charge in [-0.05, 0) is 75.3 Å². The number of nitrogens with zero attached hydrogens (tertiary/aromatic N) is 1. The second-order valence-electron chi connectivity index (χ2n) is 10.6. The Labute approximate surface area is 254 Å². The smallest absolute Gasteiger partial charge is 0.0540 e. The molecule has 0 saturated heterocycles. The average molecular weight is 550 g/mol. The zero-order chi connectivity index (χ0) is 28.8. The van der Waals surface area contributed by atoms with Crippen LogP contribution in [0.3, 0.4) is 0 Å². The SMILES string of the molecule is c1ccc(-c2ccc(-c3ccccc3)c(-c3ccccc3-c3ccccc3N(c3ccccc3)c3ccccc3)c2)cc1. The monoisotopic (exact) mass is 549 g/mol. The van der Waals surface area contributed by atoms with E-state index < -0.39 is 0 Å². The number of anilines is 3. The van der Waals surface area contributed by atoms with E-state index in [-0.39, 0.29) is 0 Å². The lowest BCUT2D eigenvalue weighted by molar-refractivity contribution is 1.28. The first kappa shape index (κ1) is 26.3. The molecule has 7 aromatic rings. The van der Waals surface area contributed by atoms with Crippen molar-refractivity contribution in [3.8, 4) is 44.5 Å². The van der Waals surface area contributed by atoms with Gasteiger partial charge in [-0.25, -0.2) is 0 Å². The number of hydrogen-bond acceptors (Lipinski definition) is 1. The third-order valence-electron chi connectivity index (χ3n) is 7.89. The van der Waals surface area contributed by atoms with Crippen molar-refractivity contribution in [1.29, 1.82) is 0 Å². The Kier molecular flexibility index (Phi) is 7.36. The topological polar surface area (TPSA) is 3.24 Å². The highest BCUT2D eigenvalue weighted by atomic mass is 15.1. The maximum Gasteiger partial charge on any atom is 0.0540 e. The summed E-state index contributed by atoms with van der Waals surface area (Å²) in [7, 11) is 0. The first-order chi connectivity index (χ1) is 21.4. The van der Waals surface area contributed by atoms with Crippen LogP contribution in [0.5, 0.6) is 0 Å². The molecule has 0 aliphatic heterocycles. The van der Waals surface area contributed by atoms with Gasteiger partial charge in [0.2, 0.25) is 0 Å². The number of para-hydroxylation sites is 3. The predicted molar refractivity (Wildman–Crippen MR) is 183 cm³/mol. The van der Waals surface area contributed by atoms with E-state index in [1.807, 2.05) is 0 Å². The van der Waals surface area contributed by atoms with E-state index in [2.05, 4.69) is 193 Å². The van der Waals surface area contributed by atoms with Crippen LogP contribution in [0, 0.1) is 0 Å². The molecule has 0 aromatic heterocycles. The maximum atomic E-state index is 2.35. The standard InChI is InChI=1S/C42H31N/c1-5-17-32(18-6-1)34-29-30-37(33-19-7-2-8-20-33)41(31-34)39-26-14-13-25-38(39)40-27-15-16-28-42(40)43(35-21-9-3-10-22-35)36-23-11-4-12-24-36/h1-31H. The van der Waals surface area contributed by atoms with Crippen LogP contribution in [0.15, 0.2) is 188 Å². The van der Waals surface area contributed by atoms with Crippen molar-refractivity contribution >= 4 is 17.1 Å². The van der Waals surface area contributed by atoms with Gasteiger partial charge in [0.25, 0.3) is 0 Å². The molecule has 0 unspecified atom stereocenters. The summed E-state index contributed by atoms with van der Waals surface area (Å²) in [6.45, 7) is 0. The van der Waals surface area contributed by atoms with Crippen molar-refractivity contribution in [1.82, 2.24) is 0 Å². The Hall–Kier alpha value is -5.66. The fourth-order valence-electron chi connectivity index (χ4n) is 5.88. The van der Waals surface area contributed by atoms with Crippen LogP contribution in [-0.2, 0) is 0 Å². The molecule has 0 atom stereocenters. The molecule has 0 fully saturated rings. The van der Waals surface area contributed by atoms with Gasteiger partial charge in [0, 0.05) is 16.9 Å². The molecule has 0 aliphatic carbocycles. The molecule has 0 heterocycles. The molecule has 43 heavy (non-hydrogen) atoms. The van der Waals surface area contributed by atoms with Gasteiger partial charge >= 0.3 is 0 Å². The van der Waals surface area contributed by atoms with E-state index >= 15 is 0 Å².